The van der Waals surface area contributed by atoms with E-state index in [-0.39, 0.29) is 5.56 Å². The molecule has 6 heteroatoms. The molecule has 1 radical (unpaired) electrons. The molecule has 1 saturated heterocycles. The van der Waals surface area contributed by atoms with Gasteiger partial charge in [-0.2, -0.15) is 18.4 Å². The molecule has 1 aromatic carbocycles. The van der Waals surface area contributed by atoms with Crippen molar-refractivity contribution in [2.45, 2.75) is 24.9 Å². The lowest BCUT2D eigenvalue weighted by Gasteiger charge is -2.33. The van der Waals surface area contributed by atoms with Crippen LogP contribution in [0.3, 0.4) is 0 Å². The predicted octanol–water partition coefficient (Wildman–Crippen LogP) is 4.16. The van der Waals surface area contributed by atoms with E-state index in [9.17, 15) is 13.2 Å². The highest BCUT2D eigenvalue weighted by molar-refractivity contribution is 5.55. The number of hydrogen-bond donors (Lipinski definition) is 0. The minimum Gasteiger partial charge on any atom is -0.371 e. The molecule has 2 heterocycles. The second-order valence-electron chi connectivity index (χ2n) is 5.78. The number of hydrogen-bond acceptors (Lipinski definition) is 3. The zero-order valence-corrected chi connectivity index (χ0v) is 12.8. The van der Waals surface area contributed by atoms with Crippen molar-refractivity contribution in [3.05, 3.63) is 59.4 Å². The highest BCUT2D eigenvalue weighted by atomic mass is 19.4. The number of nitriles is 1. The van der Waals surface area contributed by atoms with Gasteiger partial charge in [-0.1, -0.05) is 6.07 Å². The van der Waals surface area contributed by atoms with Gasteiger partial charge in [0.15, 0.2) is 0 Å². The summed E-state index contributed by atoms with van der Waals surface area (Å²) >= 11 is 0. The Labute approximate surface area is 138 Å². The summed E-state index contributed by atoms with van der Waals surface area (Å²) in [4.78, 5) is 6.24. The van der Waals surface area contributed by atoms with Crippen LogP contribution in [0, 0.1) is 17.4 Å². The van der Waals surface area contributed by atoms with E-state index in [1.807, 2.05) is 17.0 Å². The van der Waals surface area contributed by atoms with E-state index in [1.54, 1.807) is 18.3 Å². The Kier molecular flexibility index (Phi) is 4.43. The Hall–Kier alpha value is -2.55. The van der Waals surface area contributed by atoms with Crippen LogP contribution in [-0.2, 0) is 6.18 Å². The summed E-state index contributed by atoms with van der Waals surface area (Å²) in [6.45, 7) is 1.32. The number of pyridine rings is 1. The van der Waals surface area contributed by atoms with Crippen LogP contribution < -0.4 is 4.90 Å². The predicted molar refractivity (Wildman–Crippen MR) is 83.4 cm³/mol. The van der Waals surface area contributed by atoms with Gasteiger partial charge in [0.2, 0.25) is 0 Å². The number of alkyl halides is 3. The Balaban J connectivity index is 1.76. The zero-order valence-electron chi connectivity index (χ0n) is 12.8. The molecule has 0 atom stereocenters. The lowest BCUT2D eigenvalue weighted by Crippen LogP contribution is -2.33. The van der Waals surface area contributed by atoms with Crippen molar-refractivity contribution in [1.29, 1.82) is 5.26 Å². The van der Waals surface area contributed by atoms with E-state index in [2.05, 4.69) is 11.1 Å². The van der Waals surface area contributed by atoms with Gasteiger partial charge in [0.05, 0.1) is 17.2 Å². The van der Waals surface area contributed by atoms with Gasteiger partial charge in [0.1, 0.15) is 0 Å². The highest BCUT2D eigenvalue weighted by Crippen LogP contribution is 2.36. The normalized spacial score (nSPS) is 16.0. The molecule has 24 heavy (non-hydrogen) atoms. The van der Waals surface area contributed by atoms with Gasteiger partial charge in [0.25, 0.3) is 0 Å². The molecule has 3 nitrogen and oxygen atoms in total. The standard InChI is InChI=1S/C18H15F3N3/c19-18(20,21)16-11-15(5-4-14(16)12-22)24-9-6-13(7-10-24)17-3-1-2-8-23-17/h1,3-5,8,11,13H,6-7,9-10H2. The molecule has 1 aromatic heterocycles. The van der Waals surface area contributed by atoms with Crippen LogP contribution >= 0.6 is 0 Å². The number of anilines is 1. The molecule has 0 amide bonds. The maximum Gasteiger partial charge on any atom is 0.417 e. The van der Waals surface area contributed by atoms with E-state index in [4.69, 9.17) is 5.26 Å². The summed E-state index contributed by atoms with van der Waals surface area (Å²) in [5.41, 5.74) is 0.300. The van der Waals surface area contributed by atoms with Gasteiger partial charge >= 0.3 is 6.18 Å². The molecule has 0 N–H and O–H groups in total. The first kappa shape index (κ1) is 16.3. The average molecular weight is 330 g/mol. The van der Waals surface area contributed by atoms with Crippen LogP contribution in [0.5, 0.6) is 0 Å². The van der Waals surface area contributed by atoms with E-state index in [0.29, 0.717) is 24.7 Å². The maximum absolute atomic E-state index is 13.1. The second-order valence-corrected chi connectivity index (χ2v) is 5.78. The van der Waals surface area contributed by atoms with Crippen molar-refractivity contribution in [3.8, 4) is 6.07 Å². The fourth-order valence-electron chi connectivity index (χ4n) is 3.07. The number of aromatic nitrogens is 1. The second kappa shape index (κ2) is 6.52. The Bertz CT molecular complexity index is 742. The SMILES string of the molecule is N#Cc1ccc(N2CCC(c3cc[c]cn3)CC2)cc1C(F)(F)F. The molecule has 2 aromatic rings. The fourth-order valence-corrected chi connectivity index (χ4v) is 3.07. The number of benzene rings is 1. The molecule has 0 spiro atoms. The Morgan fingerprint density at radius 1 is 1.21 bits per heavy atom. The van der Waals surface area contributed by atoms with E-state index in [0.717, 1.165) is 24.6 Å². The van der Waals surface area contributed by atoms with Crippen molar-refractivity contribution in [1.82, 2.24) is 4.98 Å². The number of piperidine rings is 1. The van der Waals surface area contributed by atoms with Crippen LogP contribution in [0.4, 0.5) is 18.9 Å². The van der Waals surface area contributed by atoms with Crippen molar-refractivity contribution in [3.63, 3.8) is 0 Å². The van der Waals surface area contributed by atoms with Crippen LogP contribution in [0.1, 0.15) is 35.6 Å². The van der Waals surface area contributed by atoms with Crippen LogP contribution in [0.25, 0.3) is 0 Å². The smallest absolute Gasteiger partial charge is 0.371 e. The summed E-state index contributed by atoms with van der Waals surface area (Å²) in [5.74, 6) is 0.316. The minimum absolute atomic E-state index is 0.316. The molecular weight excluding hydrogens is 315 g/mol. The number of rotatable bonds is 2. The van der Waals surface area contributed by atoms with Gasteiger partial charge in [-0.05, 0) is 37.1 Å². The summed E-state index contributed by atoms with van der Waals surface area (Å²) in [5, 5.41) is 8.87. The van der Waals surface area contributed by atoms with Crippen molar-refractivity contribution in [2.75, 3.05) is 18.0 Å². The summed E-state index contributed by atoms with van der Waals surface area (Å²) in [6.07, 6.45) is -1.22. The van der Waals surface area contributed by atoms with E-state index >= 15 is 0 Å². The van der Waals surface area contributed by atoms with Crippen LogP contribution in [-0.4, -0.2) is 18.1 Å². The third kappa shape index (κ3) is 3.35. The minimum atomic E-state index is -4.52. The van der Waals surface area contributed by atoms with Crippen LogP contribution in [0.2, 0.25) is 0 Å². The molecule has 0 bridgehead atoms. The van der Waals surface area contributed by atoms with Gasteiger partial charge < -0.3 is 4.90 Å². The molecule has 0 saturated carbocycles. The Morgan fingerprint density at radius 2 is 1.96 bits per heavy atom. The van der Waals surface area contributed by atoms with Crippen LogP contribution in [0.15, 0.2) is 36.5 Å². The van der Waals surface area contributed by atoms with Gasteiger partial charge in [0, 0.05) is 42.7 Å². The maximum atomic E-state index is 13.1. The number of halogens is 3. The molecular formula is C18H15F3N3. The zero-order chi connectivity index (χ0) is 17.2. The summed E-state index contributed by atoms with van der Waals surface area (Å²) in [7, 11) is 0. The largest absolute Gasteiger partial charge is 0.417 e. The highest BCUT2D eigenvalue weighted by Gasteiger charge is 2.34. The molecule has 0 unspecified atom stereocenters. The van der Waals surface area contributed by atoms with Gasteiger partial charge in [-0.15, -0.1) is 0 Å². The van der Waals surface area contributed by atoms with Gasteiger partial charge in [-0.25, -0.2) is 0 Å². The lowest BCUT2D eigenvalue weighted by atomic mass is 9.92. The first-order valence-electron chi connectivity index (χ1n) is 7.67. The molecule has 3 rings (SSSR count). The van der Waals surface area contributed by atoms with E-state index in [1.165, 1.54) is 6.07 Å². The molecule has 0 aliphatic carbocycles. The molecule has 1 aliphatic heterocycles. The molecule has 1 fully saturated rings. The first-order chi connectivity index (χ1) is 11.5. The first-order valence-corrected chi connectivity index (χ1v) is 7.67. The van der Waals surface area contributed by atoms with Crippen molar-refractivity contribution < 1.29 is 13.2 Å². The number of nitrogens with zero attached hydrogens (tertiary/aromatic N) is 3. The summed E-state index contributed by atoms with van der Waals surface area (Å²) in [6, 6.07) is 12.2. The average Bonchev–Trinajstić information content (AvgIpc) is 2.61. The van der Waals surface area contributed by atoms with E-state index < -0.39 is 11.7 Å². The monoisotopic (exact) mass is 330 g/mol. The fraction of sp³-hybridized carbons (Fsp3) is 0.333. The Morgan fingerprint density at radius 3 is 2.54 bits per heavy atom. The quantitative estimate of drug-likeness (QED) is 0.830. The molecule has 123 valence electrons. The lowest BCUT2D eigenvalue weighted by molar-refractivity contribution is -0.137. The summed E-state index contributed by atoms with van der Waals surface area (Å²) < 4.78 is 39.3. The topological polar surface area (TPSA) is 39.9 Å². The van der Waals surface area contributed by atoms with Gasteiger partial charge in [-0.3, -0.25) is 4.98 Å². The van der Waals surface area contributed by atoms with Crippen molar-refractivity contribution in [2.24, 2.45) is 0 Å². The molecule has 1 aliphatic rings. The third-order valence-corrected chi connectivity index (χ3v) is 4.35. The third-order valence-electron chi connectivity index (χ3n) is 4.35. The van der Waals surface area contributed by atoms with Crippen molar-refractivity contribution >= 4 is 5.69 Å².